The summed E-state index contributed by atoms with van der Waals surface area (Å²) in [5, 5.41) is 5.49. The Hall–Kier alpha value is -2.63. The van der Waals surface area contributed by atoms with E-state index in [4.69, 9.17) is 0 Å². The summed E-state index contributed by atoms with van der Waals surface area (Å²) in [6.07, 6.45) is 3.26. The molecule has 6 heteroatoms. The zero-order chi connectivity index (χ0) is 15.2. The second kappa shape index (κ2) is 6.69. The molecule has 1 heterocycles. The number of anilines is 1. The van der Waals surface area contributed by atoms with Crippen LogP contribution in [-0.2, 0) is 11.8 Å². The van der Waals surface area contributed by atoms with Gasteiger partial charge in [-0.25, -0.2) is 4.98 Å². The van der Waals surface area contributed by atoms with Crippen LogP contribution in [0.1, 0.15) is 22.5 Å². The van der Waals surface area contributed by atoms with Crippen LogP contribution < -0.4 is 10.6 Å². The summed E-state index contributed by atoms with van der Waals surface area (Å²) in [6.45, 7) is 2.24. The molecular weight excluding hydrogens is 268 g/mol. The monoisotopic (exact) mass is 286 g/mol. The maximum Gasteiger partial charge on any atom is 0.269 e. The molecule has 1 aromatic heterocycles. The van der Waals surface area contributed by atoms with Crippen molar-refractivity contribution in [3.63, 3.8) is 0 Å². The van der Waals surface area contributed by atoms with Crippen LogP contribution in [0.4, 0.5) is 5.69 Å². The fourth-order valence-corrected chi connectivity index (χ4v) is 1.90. The van der Waals surface area contributed by atoms with E-state index < -0.39 is 0 Å². The summed E-state index contributed by atoms with van der Waals surface area (Å²) < 4.78 is 1.63. The van der Waals surface area contributed by atoms with E-state index in [1.54, 1.807) is 17.9 Å². The normalized spacial score (nSPS) is 10.2. The number of carbonyl (C=O) groups is 2. The maximum atomic E-state index is 11.8. The molecule has 0 saturated heterocycles. The minimum absolute atomic E-state index is 0.133. The van der Waals surface area contributed by atoms with E-state index in [9.17, 15) is 9.59 Å². The first-order valence-electron chi connectivity index (χ1n) is 6.67. The smallest absolute Gasteiger partial charge is 0.269 e. The molecule has 2 N–H and O–H groups in total. The van der Waals surface area contributed by atoms with Gasteiger partial charge in [0.15, 0.2) is 0 Å². The number of amides is 2. The van der Waals surface area contributed by atoms with Gasteiger partial charge < -0.3 is 15.2 Å². The third kappa shape index (κ3) is 4.17. The third-order valence-electron chi connectivity index (χ3n) is 2.99. The largest absolute Gasteiger partial charge is 0.350 e. The summed E-state index contributed by atoms with van der Waals surface area (Å²) >= 11 is 0. The van der Waals surface area contributed by atoms with Gasteiger partial charge in [-0.15, -0.1) is 0 Å². The molecule has 0 aliphatic carbocycles. The highest BCUT2D eigenvalue weighted by Gasteiger charge is 2.10. The van der Waals surface area contributed by atoms with E-state index in [0.717, 1.165) is 11.3 Å². The number of nitrogens with one attached hydrogen (secondary N) is 2. The quantitative estimate of drug-likeness (QED) is 0.874. The Morgan fingerprint density at radius 2 is 2.14 bits per heavy atom. The van der Waals surface area contributed by atoms with Gasteiger partial charge in [0, 0.05) is 25.7 Å². The van der Waals surface area contributed by atoms with Crippen LogP contribution in [0.15, 0.2) is 36.8 Å². The lowest BCUT2D eigenvalue weighted by Gasteiger charge is -2.07. The Morgan fingerprint density at radius 3 is 2.81 bits per heavy atom. The predicted molar refractivity (Wildman–Crippen MR) is 80.0 cm³/mol. The number of hydrogen-bond acceptors (Lipinski definition) is 3. The van der Waals surface area contributed by atoms with Gasteiger partial charge in [0.1, 0.15) is 5.69 Å². The molecular formula is C15H18N4O2. The Bertz CT molecular complexity index is 649. The molecule has 0 spiro atoms. The van der Waals surface area contributed by atoms with Crippen molar-refractivity contribution >= 4 is 17.5 Å². The molecule has 0 saturated carbocycles. The van der Waals surface area contributed by atoms with E-state index in [-0.39, 0.29) is 24.8 Å². The Morgan fingerprint density at radius 1 is 1.33 bits per heavy atom. The SMILES string of the molecule is Cc1cccc(NC(=O)CCNC(=O)c2cncn2C)c1. The minimum atomic E-state index is -0.238. The molecule has 0 radical (unpaired) electrons. The molecule has 6 nitrogen and oxygen atoms in total. The van der Waals surface area contributed by atoms with E-state index in [0.29, 0.717) is 5.69 Å². The van der Waals surface area contributed by atoms with Crippen LogP contribution in [-0.4, -0.2) is 27.9 Å². The first kappa shape index (κ1) is 14.8. The molecule has 0 unspecified atom stereocenters. The van der Waals surface area contributed by atoms with Crippen molar-refractivity contribution in [2.45, 2.75) is 13.3 Å². The zero-order valence-corrected chi connectivity index (χ0v) is 12.1. The molecule has 0 aliphatic rings. The Kier molecular flexibility index (Phi) is 4.71. The van der Waals surface area contributed by atoms with Gasteiger partial charge >= 0.3 is 0 Å². The van der Waals surface area contributed by atoms with Crippen molar-refractivity contribution in [3.05, 3.63) is 48.0 Å². The molecule has 1 aromatic carbocycles. The second-order valence-electron chi connectivity index (χ2n) is 4.81. The number of carbonyl (C=O) groups excluding carboxylic acids is 2. The van der Waals surface area contributed by atoms with E-state index in [1.165, 1.54) is 6.20 Å². The van der Waals surface area contributed by atoms with Gasteiger partial charge in [0.2, 0.25) is 5.91 Å². The minimum Gasteiger partial charge on any atom is -0.350 e. The fraction of sp³-hybridized carbons (Fsp3) is 0.267. The van der Waals surface area contributed by atoms with Crippen molar-refractivity contribution in [3.8, 4) is 0 Å². The van der Waals surface area contributed by atoms with Crippen molar-refractivity contribution in [2.75, 3.05) is 11.9 Å². The third-order valence-corrected chi connectivity index (χ3v) is 2.99. The molecule has 2 amide bonds. The fourth-order valence-electron chi connectivity index (χ4n) is 1.90. The van der Waals surface area contributed by atoms with Crippen LogP contribution in [0.5, 0.6) is 0 Å². The summed E-state index contributed by atoms with van der Waals surface area (Å²) in [5.41, 5.74) is 2.31. The molecule has 2 rings (SSSR count). The number of imidazole rings is 1. The summed E-state index contributed by atoms with van der Waals surface area (Å²) in [4.78, 5) is 27.5. The first-order valence-corrected chi connectivity index (χ1v) is 6.67. The highest BCUT2D eigenvalue weighted by Crippen LogP contribution is 2.09. The number of aryl methyl sites for hydroxylation is 2. The lowest BCUT2D eigenvalue weighted by atomic mass is 10.2. The predicted octanol–water partition coefficient (Wildman–Crippen LogP) is 1.49. The van der Waals surface area contributed by atoms with Crippen LogP contribution in [0.3, 0.4) is 0 Å². The number of hydrogen-bond donors (Lipinski definition) is 2. The molecule has 0 aliphatic heterocycles. The lowest BCUT2D eigenvalue weighted by molar-refractivity contribution is -0.116. The van der Waals surface area contributed by atoms with Gasteiger partial charge in [-0.1, -0.05) is 12.1 Å². The van der Waals surface area contributed by atoms with Crippen LogP contribution in [0, 0.1) is 6.92 Å². The van der Waals surface area contributed by atoms with E-state index in [1.807, 2.05) is 31.2 Å². The molecule has 2 aromatic rings. The molecule has 0 fully saturated rings. The average Bonchev–Trinajstić information content (AvgIpc) is 2.85. The van der Waals surface area contributed by atoms with Crippen molar-refractivity contribution < 1.29 is 9.59 Å². The van der Waals surface area contributed by atoms with Gasteiger partial charge in [0.05, 0.1) is 12.5 Å². The van der Waals surface area contributed by atoms with Crippen molar-refractivity contribution in [2.24, 2.45) is 7.05 Å². The van der Waals surface area contributed by atoms with E-state index >= 15 is 0 Å². The van der Waals surface area contributed by atoms with Crippen LogP contribution in [0.25, 0.3) is 0 Å². The number of aromatic nitrogens is 2. The molecule has 110 valence electrons. The zero-order valence-electron chi connectivity index (χ0n) is 12.1. The average molecular weight is 286 g/mol. The van der Waals surface area contributed by atoms with E-state index in [2.05, 4.69) is 15.6 Å². The van der Waals surface area contributed by atoms with Crippen LogP contribution in [0.2, 0.25) is 0 Å². The summed E-state index contributed by atoms with van der Waals surface area (Å²) in [5.74, 6) is -0.371. The Labute approximate surface area is 123 Å². The van der Waals surface area contributed by atoms with Gasteiger partial charge in [-0.3, -0.25) is 9.59 Å². The highest BCUT2D eigenvalue weighted by atomic mass is 16.2. The second-order valence-corrected chi connectivity index (χ2v) is 4.81. The Balaban J connectivity index is 1.77. The van der Waals surface area contributed by atoms with Crippen molar-refractivity contribution in [1.29, 1.82) is 0 Å². The van der Waals surface area contributed by atoms with Crippen molar-refractivity contribution in [1.82, 2.24) is 14.9 Å². The molecule has 21 heavy (non-hydrogen) atoms. The van der Waals surface area contributed by atoms with Gasteiger partial charge in [-0.05, 0) is 24.6 Å². The highest BCUT2D eigenvalue weighted by molar-refractivity contribution is 5.94. The number of rotatable bonds is 5. The standard InChI is InChI=1S/C15H18N4O2/c1-11-4-3-5-12(8-11)18-14(20)6-7-17-15(21)13-9-16-10-19(13)2/h3-5,8-10H,6-7H2,1-2H3,(H,17,21)(H,18,20). The number of nitrogens with zero attached hydrogens (tertiary/aromatic N) is 2. The maximum absolute atomic E-state index is 11.8. The number of benzene rings is 1. The first-order chi connectivity index (χ1) is 10.1. The van der Waals surface area contributed by atoms with Crippen LogP contribution >= 0.6 is 0 Å². The lowest BCUT2D eigenvalue weighted by Crippen LogP contribution is -2.28. The molecule has 0 atom stereocenters. The van der Waals surface area contributed by atoms with Gasteiger partial charge in [0.25, 0.3) is 5.91 Å². The molecule has 0 bridgehead atoms. The topological polar surface area (TPSA) is 76.0 Å². The summed E-state index contributed by atoms with van der Waals surface area (Å²) in [6, 6.07) is 7.57. The summed E-state index contributed by atoms with van der Waals surface area (Å²) in [7, 11) is 1.74. The van der Waals surface area contributed by atoms with Gasteiger partial charge in [-0.2, -0.15) is 0 Å².